The second-order valence-corrected chi connectivity index (χ2v) is 15.1. The molecule has 1 aliphatic heterocycles. The summed E-state index contributed by atoms with van der Waals surface area (Å²) in [6, 6.07) is 25.8. The van der Waals surface area contributed by atoms with Crippen LogP contribution in [0.1, 0.15) is 57.7 Å². The Kier molecular flexibility index (Phi) is 15.4. The SMILES string of the molecule is CC(C)[C@H](NC(=O)[C@H](Cc1ccccc1)C[C@@H](O)[C@@H](Cc1ccccc1)NC(=O)OC(C)(C)C)C(=O)N[C@@H](Cc1ccccc1)C(=O)N1CCOCC1. The van der Waals surface area contributed by atoms with E-state index in [1.165, 1.54) is 0 Å². The molecule has 0 radical (unpaired) electrons. The van der Waals surface area contributed by atoms with Crippen LogP contribution in [0.15, 0.2) is 91.0 Å². The minimum absolute atomic E-state index is 0.00733. The predicted octanol–water partition coefficient (Wildman–Crippen LogP) is 4.46. The molecule has 1 heterocycles. The molecule has 1 saturated heterocycles. The van der Waals surface area contributed by atoms with Crippen LogP contribution in [-0.4, -0.2) is 90.0 Å². The van der Waals surface area contributed by atoms with Gasteiger partial charge in [-0.1, -0.05) is 105 Å². The average molecular weight is 729 g/mol. The Labute approximate surface area is 313 Å². The van der Waals surface area contributed by atoms with Crippen LogP contribution in [0.4, 0.5) is 4.79 Å². The van der Waals surface area contributed by atoms with Crippen molar-refractivity contribution < 1.29 is 33.8 Å². The number of aliphatic hydroxyl groups is 1. The van der Waals surface area contributed by atoms with Crippen molar-refractivity contribution in [2.24, 2.45) is 11.8 Å². The summed E-state index contributed by atoms with van der Waals surface area (Å²) in [6.45, 7) is 10.7. The molecule has 0 aromatic heterocycles. The van der Waals surface area contributed by atoms with Crippen molar-refractivity contribution in [3.8, 4) is 0 Å². The molecule has 4 N–H and O–H groups in total. The molecule has 11 nitrogen and oxygen atoms in total. The first-order chi connectivity index (χ1) is 25.3. The Bertz CT molecular complexity index is 1590. The maximum atomic E-state index is 14.2. The first-order valence-corrected chi connectivity index (χ1v) is 18.6. The molecule has 0 spiro atoms. The number of aliphatic hydroxyl groups excluding tert-OH is 1. The minimum Gasteiger partial charge on any atom is -0.444 e. The molecule has 53 heavy (non-hydrogen) atoms. The zero-order valence-electron chi connectivity index (χ0n) is 31.6. The van der Waals surface area contributed by atoms with E-state index < -0.39 is 53.7 Å². The number of ether oxygens (including phenoxy) is 2. The molecule has 1 fully saturated rings. The molecule has 4 rings (SSSR count). The lowest BCUT2D eigenvalue weighted by molar-refractivity contribution is -0.141. The zero-order chi connectivity index (χ0) is 38.4. The number of alkyl carbamates (subject to hydrolysis) is 1. The fourth-order valence-corrected chi connectivity index (χ4v) is 6.37. The Morgan fingerprint density at radius 3 is 1.75 bits per heavy atom. The Morgan fingerprint density at radius 1 is 0.736 bits per heavy atom. The van der Waals surface area contributed by atoms with E-state index in [1.54, 1.807) is 25.7 Å². The second-order valence-electron chi connectivity index (χ2n) is 15.1. The van der Waals surface area contributed by atoms with Gasteiger partial charge < -0.3 is 35.4 Å². The molecule has 4 amide bonds. The Hall–Kier alpha value is -4.74. The van der Waals surface area contributed by atoms with E-state index in [1.807, 2.05) is 105 Å². The van der Waals surface area contributed by atoms with Crippen LogP contribution in [0, 0.1) is 11.8 Å². The molecule has 0 unspecified atom stereocenters. The van der Waals surface area contributed by atoms with Crippen LogP contribution in [0.2, 0.25) is 0 Å². The van der Waals surface area contributed by atoms with E-state index in [2.05, 4.69) is 16.0 Å². The monoisotopic (exact) mass is 728 g/mol. The highest BCUT2D eigenvalue weighted by Gasteiger charge is 2.35. The van der Waals surface area contributed by atoms with Gasteiger partial charge in [-0.15, -0.1) is 0 Å². The van der Waals surface area contributed by atoms with E-state index in [9.17, 15) is 24.3 Å². The van der Waals surface area contributed by atoms with Crippen molar-refractivity contribution in [3.05, 3.63) is 108 Å². The summed E-state index contributed by atoms with van der Waals surface area (Å²) < 4.78 is 11.0. The third-order valence-electron chi connectivity index (χ3n) is 9.15. The number of nitrogens with one attached hydrogen (secondary N) is 3. The van der Waals surface area contributed by atoms with Crippen LogP contribution < -0.4 is 16.0 Å². The second kappa shape index (κ2) is 19.9. The standard InChI is InChI=1S/C42H56N4O7/c1-29(2)37(39(49)43-35(27-32-19-13-8-14-20-32)40(50)46-21-23-52-24-22-46)45-38(48)33(25-30-15-9-6-10-16-30)28-36(47)34(26-31-17-11-7-12-18-31)44-41(51)53-42(3,4)5/h6-20,29,33-37,47H,21-28H2,1-5H3,(H,43,49)(H,44,51)(H,45,48)/t33-,34-,35+,36-,37+/m1/s1. The van der Waals surface area contributed by atoms with Crippen LogP contribution in [0.25, 0.3) is 0 Å². The minimum atomic E-state index is -1.14. The van der Waals surface area contributed by atoms with Gasteiger partial charge in [-0.2, -0.15) is 0 Å². The van der Waals surface area contributed by atoms with Gasteiger partial charge in [0.2, 0.25) is 17.7 Å². The van der Waals surface area contributed by atoms with Gasteiger partial charge in [-0.3, -0.25) is 14.4 Å². The van der Waals surface area contributed by atoms with Crippen LogP contribution in [0.3, 0.4) is 0 Å². The summed E-state index contributed by atoms with van der Waals surface area (Å²) >= 11 is 0. The Morgan fingerprint density at radius 2 is 1.25 bits per heavy atom. The van der Waals surface area contributed by atoms with Gasteiger partial charge in [0.25, 0.3) is 0 Å². The maximum absolute atomic E-state index is 14.2. The van der Waals surface area contributed by atoms with Crippen molar-refractivity contribution in [3.63, 3.8) is 0 Å². The fourth-order valence-electron chi connectivity index (χ4n) is 6.37. The van der Waals surface area contributed by atoms with E-state index >= 15 is 0 Å². The van der Waals surface area contributed by atoms with Gasteiger partial charge in [-0.05, 0) is 62.6 Å². The topological polar surface area (TPSA) is 146 Å². The normalized spacial score (nSPS) is 16.1. The first-order valence-electron chi connectivity index (χ1n) is 18.6. The summed E-state index contributed by atoms with van der Waals surface area (Å²) in [4.78, 5) is 56.6. The quantitative estimate of drug-likeness (QED) is 0.171. The smallest absolute Gasteiger partial charge is 0.407 e. The fraction of sp³-hybridized carbons (Fsp3) is 0.476. The molecular formula is C42H56N4O7. The van der Waals surface area contributed by atoms with Gasteiger partial charge in [-0.25, -0.2) is 4.79 Å². The molecule has 0 bridgehead atoms. The Balaban J connectivity index is 1.55. The summed E-state index contributed by atoms with van der Waals surface area (Å²) in [5, 5.41) is 20.5. The highest BCUT2D eigenvalue weighted by Crippen LogP contribution is 2.21. The van der Waals surface area contributed by atoms with Gasteiger partial charge >= 0.3 is 6.09 Å². The van der Waals surface area contributed by atoms with Gasteiger partial charge in [0.05, 0.1) is 25.4 Å². The van der Waals surface area contributed by atoms with Crippen LogP contribution in [0.5, 0.6) is 0 Å². The van der Waals surface area contributed by atoms with Gasteiger partial charge in [0.1, 0.15) is 17.7 Å². The van der Waals surface area contributed by atoms with Gasteiger partial charge in [0.15, 0.2) is 0 Å². The molecule has 5 atom stereocenters. The summed E-state index contributed by atoms with van der Waals surface area (Å²) in [5.41, 5.74) is 1.92. The van der Waals surface area contributed by atoms with Crippen molar-refractivity contribution in [1.29, 1.82) is 0 Å². The molecule has 11 heteroatoms. The molecule has 3 aromatic carbocycles. The molecule has 0 aliphatic carbocycles. The number of hydrogen-bond acceptors (Lipinski definition) is 7. The van der Waals surface area contributed by atoms with E-state index in [0.29, 0.717) is 32.7 Å². The van der Waals surface area contributed by atoms with E-state index in [-0.39, 0.29) is 31.1 Å². The first kappa shape index (κ1) is 41.0. The maximum Gasteiger partial charge on any atom is 0.407 e. The number of amides is 4. The molecule has 1 aliphatic rings. The van der Waals surface area contributed by atoms with Crippen molar-refractivity contribution in [2.75, 3.05) is 26.3 Å². The predicted molar refractivity (Wildman–Crippen MR) is 204 cm³/mol. The lowest BCUT2D eigenvalue weighted by Crippen LogP contribution is -2.58. The van der Waals surface area contributed by atoms with Crippen molar-refractivity contribution in [1.82, 2.24) is 20.9 Å². The number of benzene rings is 3. The van der Waals surface area contributed by atoms with Crippen LogP contribution >= 0.6 is 0 Å². The zero-order valence-corrected chi connectivity index (χ0v) is 31.6. The number of morpholine rings is 1. The number of rotatable bonds is 16. The summed E-state index contributed by atoms with van der Waals surface area (Å²) in [6.07, 6.45) is -0.945. The molecule has 3 aromatic rings. The van der Waals surface area contributed by atoms with E-state index in [0.717, 1.165) is 16.7 Å². The summed E-state index contributed by atoms with van der Waals surface area (Å²) in [5.74, 6) is -2.18. The number of hydrogen-bond donors (Lipinski definition) is 4. The van der Waals surface area contributed by atoms with Crippen molar-refractivity contribution in [2.45, 2.75) is 90.1 Å². The largest absolute Gasteiger partial charge is 0.444 e. The average Bonchev–Trinajstić information content (AvgIpc) is 3.13. The lowest BCUT2D eigenvalue weighted by atomic mass is 9.88. The highest BCUT2D eigenvalue weighted by molar-refractivity contribution is 5.93. The van der Waals surface area contributed by atoms with Gasteiger partial charge in [0, 0.05) is 25.4 Å². The number of carbonyl (C=O) groups excluding carboxylic acids is 4. The lowest BCUT2D eigenvalue weighted by Gasteiger charge is -2.32. The molecule has 0 saturated carbocycles. The highest BCUT2D eigenvalue weighted by atomic mass is 16.6. The number of carbonyl (C=O) groups is 4. The number of nitrogens with zero attached hydrogens (tertiary/aromatic N) is 1. The van der Waals surface area contributed by atoms with E-state index in [4.69, 9.17) is 9.47 Å². The third-order valence-corrected chi connectivity index (χ3v) is 9.15. The molecular weight excluding hydrogens is 672 g/mol. The van der Waals surface area contributed by atoms with Crippen LogP contribution in [-0.2, 0) is 43.1 Å². The van der Waals surface area contributed by atoms with Crippen molar-refractivity contribution >= 4 is 23.8 Å². The summed E-state index contributed by atoms with van der Waals surface area (Å²) in [7, 11) is 0. The third kappa shape index (κ3) is 13.6. The molecule has 286 valence electrons.